The van der Waals surface area contributed by atoms with E-state index in [0.29, 0.717) is 0 Å². The molecule has 0 N–H and O–H groups in total. The summed E-state index contributed by atoms with van der Waals surface area (Å²) < 4.78 is 35.1. The molecule has 108 valence electrons. The lowest BCUT2D eigenvalue weighted by Crippen LogP contribution is -2.33. The fraction of sp³-hybridized carbons (Fsp3) is 0.500. The van der Waals surface area contributed by atoms with Gasteiger partial charge in [0.15, 0.2) is 0 Å². The number of rotatable bonds is 2. The van der Waals surface area contributed by atoms with E-state index in [1.807, 2.05) is 24.3 Å². The predicted octanol–water partition coefficient (Wildman–Crippen LogP) is 1.96. The van der Waals surface area contributed by atoms with Crippen LogP contribution in [0.15, 0.2) is 24.3 Å². The second kappa shape index (κ2) is 4.84. The number of aryl methyl sites for hydroxylation is 1. The monoisotopic (exact) mass is 297 g/mol. The van der Waals surface area contributed by atoms with E-state index >= 15 is 0 Å². The molecule has 1 unspecified atom stereocenters. The molecule has 1 saturated heterocycles. The molecule has 0 saturated carbocycles. The summed E-state index contributed by atoms with van der Waals surface area (Å²) in [4.78, 5) is 13.6. The van der Waals surface area contributed by atoms with Crippen molar-refractivity contribution >= 4 is 16.1 Å². The van der Waals surface area contributed by atoms with E-state index in [2.05, 4.69) is 0 Å². The lowest BCUT2D eigenvalue weighted by atomic mass is 9.87. The third-order valence-electron chi connectivity index (χ3n) is 4.24. The molecular formula is C14H16FNO3S. The number of likely N-dealkylation sites (tertiary alicyclic amines) is 1. The molecule has 2 atom stereocenters. The first-order chi connectivity index (χ1) is 9.47. The summed E-state index contributed by atoms with van der Waals surface area (Å²) in [5.74, 6) is -0.266. The van der Waals surface area contributed by atoms with Crippen molar-refractivity contribution in [1.82, 2.24) is 4.90 Å². The van der Waals surface area contributed by atoms with Gasteiger partial charge in [-0.2, -0.15) is 8.42 Å². The van der Waals surface area contributed by atoms with Crippen LogP contribution in [0.2, 0.25) is 0 Å². The number of amides is 1. The molecule has 3 rings (SSSR count). The number of hydrogen-bond acceptors (Lipinski definition) is 3. The minimum absolute atomic E-state index is 0.0311. The number of carbonyl (C=O) groups excluding carboxylic acids is 1. The molecule has 1 amide bonds. The summed E-state index contributed by atoms with van der Waals surface area (Å²) in [5, 5.41) is -1.20. The molecule has 20 heavy (non-hydrogen) atoms. The Morgan fingerprint density at radius 2 is 2.00 bits per heavy atom. The first kappa shape index (κ1) is 13.5. The van der Waals surface area contributed by atoms with Crippen LogP contribution in [0.3, 0.4) is 0 Å². The Bertz CT molecular complexity index is 644. The van der Waals surface area contributed by atoms with E-state index in [-0.39, 0.29) is 24.9 Å². The summed E-state index contributed by atoms with van der Waals surface area (Å²) in [7, 11) is -4.65. The predicted molar refractivity (Wildman–Crippen MR) is 72.3 cm³/mol. The highest BCUT2D eigenvalue weighted by atomic mass is 32.3. The number of hydrogen-bond donors (Lipinski definition) is 0. The molecule has 0 bridgehead atoms. The lowest BCUT2D eigenvalue weighted by Gasteiger charge is -2.33. The highest BCUT2D eigenvalue weighted by Crippen LogP contribution is 2.37. The molecule has 1 aromatic rings. The van der Waals surface area contributed by atoms with Crippen molar-refractivity contribution < 1.29 is 17.1 Å². The van der Waals surface area contributed by atoms with Gasteiger partial charge in [-0.25, -0.2) is 0 Å². The number of benzene rings is 1. The molecule has 0 aromatic heterocycles. The Balaban J connectivity index is 1.90. The standard InChI is InChI=1S/C14H16FNO3S/c15-20(18,19)11-8-14(17)16(9-11)13-7-3-5-10-4-1-2-6-12(10)13/h1-2,4,6,11,13H,3,5,7-9H2/t11?,13-/m0/s1. The first-order valence-electron chi connectivity index (χ1n) is 6.77. The SMILES string of the molecule is O=C1CC(S(=O)(=O)F)CN1[C@H]1CCCc2ccccc21. The molecule has 1 heterocycles. The third kappa shape index (κ3) is 2.32. The highest BCUT2D eigenvalue weighted by molar-refractivity contribution is 7.87. The van der Waals surface area contributed by atoms with Gasteiger partial charge in [-0.3, -0.25) is 4.79 Å². The van der Waals surface area contributed by atoms with Crippen LogP contribution in [0.4, 0.5) is 3.89 Å². The number of halogens is 1. The van der Waals surface area contributed by atoms with E-state index in [1.54, 1.807) is 4.90 Å². The molecule has 0 radical (unpaired) electrons. The van der Waals surface area contributed by atoms with Crippen LogP contribution in [0, 0.1) is 0 Å². The Hall–Kier alpha value is -1.43. The smallest absolute Gasteiger partial charge is 0.307 e. The average molecular weight is 297 g/mol. The van der Waals surface area contributed by atoms with Crippen molar-refractivity contribution in [2.24, 2.45) is 0 Å². The van der Waals surface area contributed by atoms with E-state index in [9.17, 15) is 17.1 Å². The number of carbonyl (C=O) groups is 1. The first-order valence-corrected chi connectivity index (χ1v) is 8.22. The van der Waals surface area contributed by atoms with E-state index < -0.39 is 15.5 Å². The van der Waals surface area contributed by atoms with Gasteiger partial charge in [0.1, 0.15) is 5.25 Å². The summed E-state index contributed by atoms with van der Waals surface area (Å²) in [6, 6.07) is 7.78. The normalized spacial score (nSPS) is 26.6. The Morgan fingerprint density at radius 1 is 1.25 bits per heavy atom. The molecule has 1 fully saturated rings. The van der Waals surface area contributed by atoms with Gasteiger partial charge in [0.05, 0.1) is 6.04 Å². The van der Waals surface area contributed by atoms with Crippen molar-refractivity contribution in [2.75, 3.05) is 6.54 Å². The Kier molecular flexibility index (Phi) is 3.28. The van der Waals surface area contributed by atoms with Crippen molar-refractivity contribution in [3.63, 3.8) is 0 Å². The van der Waals surface area contributed by atoms with Crippen molar-refractivity contribution in [2.45, 2.75) is 37.0 Å². The second-order valence-electron chi connectivity index (χ2n) is 5.45. The largest absolute Gasteiger partial charge is 0.334 e. The van der Waals surface area contributed by atoms with Crippen molar-refractivity contribution in [3.8, 4) is 0 Å². The average Bonchev–Trinajstić information content (AvgIpc) is 2.80. The molecule has 0 spiro atoms. The molecule has 1 aromatic carbocycles. The van der Waals surface area contributed by atoms with Gasteiger partial charge in [0, 0.05) is 13.0 Å². The molecule has 1 aliphatic heterocycles. The van der Waals surface area contributed by atoms with Gasteiger partial charge in [-0.05, 0) is 30.4 Å². The molecule has 4 nitrogen and oxygen atoms in total. The zero-order chi connectivity index (χ0) is 14.3. The minimum atomic E-state index is -4.65. The van der Waals surface area contributed by atoms with Gasteiger partial charge >= 0.3 is 10.2 Å². The van der Waals surface area contributed by atoms with E-state index in [4.69, 9.17) is 0 Å². The Labute approximate surface area is 117 Å². The topological polar surface area (TPSA) is 54.5 Å². The summed E-state index contributed by atoms with van der Waals surface area (Å²) >= 11 is 0. The van der Waals surface area contributed by atoms with E-state index in [1.165, 1.54) is 5.56 Å². The van der Waals surface area contributed by atoms with Crippen LogP contribution in [-0.2, 0) is 21.4 Å². The molecule has 6 heteroatoms. The maximum atomic E-state index is 13.1. The van der Waals surface area contributed by atoms with Crippen LogP contribution < -0.4 is 0 Å². The van der Waals surface area contributed by atoms with Crippen LogP contribution in [0.1, 0.15) is 36.4 Å². The Morgan fingerprint density at radius 3 is 2.70 bits per heavy atom. The summed E-state index contributed by atoms with van der Waals surface area (Å²) in [6.45, 7) is -0.0311. The van der Waals surface area contributed by atoms with Crippen molar-refractivity contribution in [3.05, 3.63) is 35.4 Å². The quantitative estimate of drug-likeness (QED) is 0.784. The lowest BCUT2D eigenvalue weighted by molar-refractivity contribution is -0.130. The summed E-state index contributed by atoms with van der Waals surface area (Å²) in [5.41, 5.74) is 2.27. The fourth-order valence-electron chi connectivity index (χ4n) is 3.24. The van der Waals surface area contributed by atoms with Gasteiger partial charge in [-0.15, -0.1) is 3.89 Å². The molecule has 1 aliphatic carbocycles. The van der Waals surface area contributed by atoms with Crippen molar-refractivity contribution in [1.29, 1.82) is 0 Å². The van der Waals surface area contributed by atoms with Crippen LogP contribution in [0.25, 0.3) is 0 Å². The maximum absolute atomic E-state index is 13.1. The van der Waals surface area contributed by atoms with E-state index in [0.717, 1.165) is 24.8 Å². The van der Waals surface area contributed by atoms with Crippen LogP contribution in [0.5, 0.6) is 0 Å². The van der Waals surface area contributed by atoms with Crippen LogP contribution in [-0.4, -0.2) is 31.0 Å². The van der Waals surface area contributed by atoms with Gasteiger partial charge in [0.25, 0.3) is 0 Å². The fourth-order valence-corrected chi connectivity index (χ4v) is 3.92. The number of nitrogens with zero attached hydrogens (tertiary/aromatic N) is 1. The summed E-state index contributed by atoms with van der Waals surface area (Å²) in [6.07, 6.45) is 2.50. The highest BCUT2D eigenvalue weighted by Gasteiger charge is 2.42. The maximum Gasteiger partial charge on any atom is 0.307 e. The second-order valence-corrected chi connectivity index (χ2v) is 7.07. The van der Waals surface area contributed by atoms with Gasteiger partial charge in [0.2, 0.25) is 5.91 Å². The zero-order valence-corrected chi connectivity index (χ0v) is 11.8. The third-order valence-corrected chi connectivity index (χ3v) is 5.35. The number of fused-ring (bicyclic) bond motifs is 1. The zero-order valence-electron chi connectivity index (χ0n) is 11.0. The molecular weight excluding hydrogens is 281 g/mol. The molecule has 2 aliphatic rings. The van der Waals surface area contributed by atoms with Gasteiger partial charge in [-0.1, -0.05) is 24.3 Å². The van der Waals surface area contributed by atoms with Gasteiger partial charge < -0.3 is 4.90 Å². The minimum Gasteiger partial charge on any atom is -0.334 e. The van der Waals surface area contributed by atoms with Crippen LogP contribution >= 0.6 is 0 Å².